The van der Waals surface area contributed by atoms with Crippen molar-refractivity contribution in [1.29, 1.82) is 0 Å². The summed E-state index contributed by atoms with van der Waals surface area (Å²) in [5, 5.41) is 11.1. The number of carboxylic acids is 1. The van der Waals surface area contributed by atoms with E-state index in [2.05, 4.69) is 5.32 Å². The van der Waals surface area contributed by atoms with E-state index in [1.54, 1.807) is 7.05 Å². The molecule has 0 bridgehead atoms. The van der Waals surface area contributed by atoms with Gasteiger partial charge in [-0.2, -0.15) is 0 Å². The number of nitrogens with zero attached hydrogens (tertiary/aromatic N) is 1. The molecule has 0 aromatic carbocycles. The second-order valence-electron chi connectivity index (χ2n) is 3.91. The zero-order valence-corrected chi connectivity index (χ0v) is 9.40. The summed E-state index contributed by atoms with van der Waals surface area (Å²) in [4.78, 5) is 34.7. The molecule has 2 amide bonds. The maximum atomic E-state index is 11.4. The molecule has 6 nitrogen and oxygen atoms in total. The Hall–Kier alpha value is -1.59. The van der Waals surface area contributed by atoms with Gasteiger partial charge in [-0.25, -0.2) is 0 Å². The van der Waals surface area contributed by atoms with E-state index >= 15 is 0 Å². The van der Waals surface area contributed by atoms with Gasteiger partial charge in [-0.05, 0) is 13.3 Å². The average Bonchev–Trinajstić information content (AvgIpc) is 3.04. The third-order valence-electron chi connectivity index (χ3n) is 2.76. The van der Waals surface area contributed by atoms with Gasteiger partial charge in [0.15, 0.2) is 0 Å². The summed E-state index contributed by atoms with van der Waals surface area (Å²) in [5.41, 5.74) is 0. The molecule has 0 radical (unpaired) electrons. The number of carboxylic acid groups (broad SMARTS) is 1. The zero-order chi connectivity index (χ0) is 12.3. The minimum Gasteiger partial charge on any atom is -0.481 e. The van der Waals surface area contributed by atoms with E-state index in [9.17, 15) is 14.4 Å². The fraction of sp³-hybridized carbons (Fsp3) is 0.700. The molecule has 1 rings (SSSR count). The van der Waals surface area contributed by atoms with Gasteiger partial charge in [0.05, 0.1) is 18.4 Å². The summed E-state index contributed by atoms with van der Waals surface area (Å²) < 4.78 is 0. The molecule has 1 saturated carbocycles. The standard InChI is InChI=1S/C10H16N2O4/c1-3-12(2)8(13)5-11-9(14)6-4-7(6)10(15)16/h6-7H,3-5H2,1-2H3,(H,11,14)(H,15,16). The summed E-state index contributed by atoms with van der Waals surface area (Å²) in [6, 6.07) is 0. The lowest BCUT2D eigenvalue weighted by Gasteiger charge is -2.14. The number of hydrogen-bond donors (Lipinski definition) is 2. The fourth-order valence-corrected chi connectivity index (χ4v) is 1.36. The van der Waals surface area contributed by atoms with Gasteiger partial charge in [0.1, 0.15) is 0 Å². The molecule has 0 aliphatic heterocycles. The number of amides is 2. The second kappa shape index (κ2) is 4.96. The zero-order valence-electron chi connectivity index (χ0n) is 9.40. The third kappa shape index (κ3) is 2.95. The summed E-state index contributed by atoms with van der Waals surface area (Å²) in [5.74, 6) is -2.50. The first-order valence-corrected chi connectivity index (χ1v) is 5.21. The molecule has 0 heterocycles. The molecule has 1 aliphatic rings. The van der Waals surface area contributed by atoms with Gasteiger partial charge in [0.2, 0.25) is 11.8 Å². The molecular weight excluding hydrogens is 212 g/mol. The normalized spacial score (nSPS) is 22.4. The Morgan fingerprint density at radius 2 is 2.00 bits per heavy atom. The van der Waals surface area contributed by atoms with E-state index in [-0.39, 0.29) is 18.4 Å². The Morgan fingerprint density at radius 1 is 1.38 bits per heavy atom. The maximum absolute atomic E-state index is 11.4. The van der Waals surface area contributed by atoms with Crippen molar-refractivity contribution in [3.8, 4) is 0 Å². The van der Waals surface area contributed by atoms with Gasteiger partial charge < -0.3 is 15.3 Å². The predicted molar refractivity (Wildman–Crippen MR) is 55.6 cm³/mol. The van der Waals surface area contributed by atoms with Gasteiger partial charge in [-0.1, -0.05) is 0 Å². The molecule has 6 heteroatoms. The number of aliphatic carboxylic acids is 1. The van der Waals surface area contributed by atoms with Crippen LogP contribution in [-0.4, -0.2) is 47.9 Å². The lowest BCUT2D eigenvalue weighted by atomic mass is 10.3. The van der Waals surface area contributed by atoms with Gasteiger partial charge in [0, 0.05) is 13.6 Å². The molecule has 2 atom stereocenters. The van der Waals surface area contributed by atoms with E-state index in [1.807, 2.05) is 6.92 Å². The van der Waals surface area contributed by atoms with Gasteiger partial charge in [-0.15, -0.1) is 0 Å². The van der Waals surface area contributed by atoms with E-state index in [0.717, 1.165) is 0 Å². The van der Waals surface area contributed by atoms with Crippen LogP contribution in [0.4, 0.5) is 0 Å². The quantitative estimate of drug-likeness (QED) is 0.651. The maximum Gasteiger partial charge on any atom is 0.307 e. The van der Waals surface area contributed by atoms with Crippen molar-refractivity contribution in [3.05, 3.63) is 0 Å². The molecule has 0 aromatic rings. The van der Waals surface area contributed by atoms with Gasteiger partial charge >= 0.3 is 5.97 Å². The lowest BCUT2D eigenvalue weighted by molar-refractivity contribution is -0.140. The summed E-state index contributed by atoms with van der Waals surface area (Å²) in [6.45, 7) is 2.35. The molecule has 0 saturated heterocycles. The molecule has 16 heavy (non-hydrogen) atoms. The van der Waals surface area contributed by atoms with Crippen LogP contribution in [-0.2, 0) is 14.4 Å². The molecule has 1 aliphatic carbocycles. The molecule has 2 N–H and O–H groups in total. The van der Waals surface area contributed by atoms with Crippen molar-refractivity contribution >= 4 is 17.8 Å². The molecule has 2 unspecified atom stereocenters. The Morgan fingerprint density at radius 3 is 2.44 bits per heavy atom. The number of likely N-dealkylation sites (N-methyl/N-ethyl adjacent to an activating group) is 1. The van der Waals surface area contributed by atoms with Crippen molar-refractivity contribution in [3.63, 3.8) is 0 Å². The van der Waals surface area contributed by atoms with Crippen molar-refractivity contribution in [2.45, 2.75) is 13.3 Å². The van der Waals surface area contributed by atoms with Crippen molar-refractivity contribution < 1.29 is 19.5 Å². The van der Waals surface area contributed by atoms with Crippen LogP contribution in [0.3, 0.4) is 0 Å². The van der Waals surface area contributed by atoms with Crippen LogP contribution in [0, 0.1) is 11.8 Å². The largest absolute Gasteiger partial charge is 0.481 e. The Balaban J connectivity index is 2.27. The molecular formula is C10H16N2O4. The number of hydrogen-bond acceptors (Lipinski definition) is 3. The summed E-state index contributed by atoms with van der Waals surface area (Å²) >= 11 is 0. The summed E-state index contributed by atoms with van der Waals surface area (Å²) in [6.07, 6.45) is 0.374. The summed E-state index contributed by atoms with van der Waals surface area (Å²) in [7, 11) is 1.64. The molecule has 1 fully saturated rings. The first-order valence-electron chi connectivity index (χ1n) is 5.21. The van der Waals surface area contributed by atoms with Crippen molar-refractivity contribution in [2.24, 2.45) is 11.8 Å². The fourth-order valence-electron chi connectivity index (χ4n) is 1.36. The Bertz CT molecular complexity index is 316. The highest BCUT2D eigenvalue weighted by molar-refractivity contribution is 5.91. The van der Waals surface area contributed by atoms with Crippen LogP contribution >= 0.6 is 0 Å². The minimum absolute atomic E-state index is 0.0635. The van der Waals surface area contributed by atoms with Crippen molar-refractivity contribution in [1.82, 2.24) is 10.2 Å². The van der Waals surface area contributed by atoms with E-state index in [1.165, 1.54) is 4.90 Å². The number of nitrogens with one attached hydrogen (secondary N) is 1. The highest BCUT2D eigenvalue weighted by Crippen LogP contribution is 2.38. The van der Waals surface area contributed by atoms with Crippen LogP contribution in [0.1, 0.15) is 13.3 Å². The van der Waals surface area contributed by atoms with Crippen LogP contribution in [0.5, 0.6) is 0 Å². The average molecular weight is 228 g/mol. The highest BCUT2D eigenvalue weighted by atomic mass is 16.4. The topological polar surface area (TPSA) is 86.7 Å². The second-order valence-corrected chi connectivity index (χ2v) is 3.91. The van der Waals surface area contributed by atoms with E-state index < -0.39 is 17.8 Å². The minimum atomic E-state index is -0.947. The van der Waals surface area contributed by atoms with Crippen LogP contribution in [0.25, 0.3) is 0 Å². The highest BCUT2D eigenvalue weighted by Gasteiger charge is 2.48. The lowest BCUT2D eigenvalue weighted by Crippen LogP contribution is -2.38. The van der Waals surface area contributed by atoms with Gasteiger partial charge in [-0.3, -0.25) is 14.4 Å². The molecule has 90 valence electrons. The Labute approximate surface area is 93.6 Å². The SMILES string of the molecule is CCN(C)C(=O)CNC(=O)C1CC1C(=O)O. The van der Waals surface area contributed by atoms with Crippen LogP contribution in [0.15, 0.2) is 0 Å². The van der Waals surface area contributed by atoms with Crippen LogP contribution < -0.4 is 5.32 Å². The predicted octanol–water partition coefficient (Wildman–Crippen LogP) is -0.698. The van der Waals surface area contributed by atoms with E-state index in [4.69, 9.17) is 5.11 Å². The Kier molecular flexibility index (Phi) is 3.87. The third-order valence-corrected chi connectivity index (χ3v) is 2.76. The molecule has 0 spiro atoms. The number of rotatable bonds is 5. The number of carbonyl (C=O) groups excluding carboxylic acids is 2. The first-order chi connectivity index (χ1) is 7.47. The first kappa shape index (κ1) is 12.5. The number of carbonyl (C=O) groups is 3. The van der Waals surface area contributed by atoms with Crippen LogP contribution in [0.2, 0.25) is 0 Å². The monoisotopic (exact) mass is 228 g/mol. The van der Waals surface area contributed by atoms with E-state index in [0.29, 0.717) is 13.0 Å². The smallest absolute Gasteiger partial charge is 0.307 e. The molecule has 0 aromatic heterocycles. The van der Waals surface area contributed by atoms with Crippen molar-refractivity contribution in [2.75, 3.05) is 20.1 Å². The van der Waals surface area contributed by atoms with Gasteiger partial charge in [0.25, 0.3) is 0 Å².